The predicted molar refractivity (Wildman–Crippen MR) is 191 cm³/mol. The Kier molecular flexibility index (Phi) is 15.5. The fraction of sp³-hybridized carbons (Fsp3) is 0.436. The Bertz CT molecular complexity index is 1270. The van der Waals surface area contributed by atoms with Crippen LogP contribution in [-0.4, -0.2) is 52.6 Å². The lowest BCUT2D eigenvalue weighted by atomic mass is 10.0. The third kappa shape index (κ3) is 11.1. The number of aliphatic hydroxyl groups excluding tert-OH is 1. The first kappa shape index (κ1) is 34.8. The van der Waals surface area contributed by atoms with Gasteiger partial charge in [-0.1, -0.05) is 88.1 Å². The van der Waals surface area contributed by atoms with Crippen molar-refractivity contribution in [1.82, 2.24) is 0 Å². The van der Waals surface area contributed by atoms with Gasteiger partial charge in [0.1, 0.15) is 11.5 Å². The maximum Gasteiger partial charge on any atom is 0.126 e. The Morgan fingerprint density at radius 1 is 0.591 bits per heavy atom. The van der Waals surface area contributed by atoms with Crippen molar-refractivity contribution in [1.29, 1.82) is 0 Å². The van der Waals surface area contributed by atoms with Crippen LogP contribution in [0.5, 0.6) is 11.5 Å². The van der Waals surface area contributed by atoms with Gasteiger partial charge in [-0.3, -0.25) is 0 Å². The summed E-state index contributed by atoms with van der Waals surface area (Å²) in [6.45, 7) is 8.03. The quantitative estimate of drug-likeness (QED) is 0.104. The smallest absolute Gasteiger partial charge is 0.126 e. The second-order valence-corrected chi connectivity index (χ2v) is 11.4. The second-order valence-electron chi connectivity index (χ2n) is 11.4. The van der Waals surface area contributed by atoms with Gasteiger partial charge in [-0.05, 0) is 73.2 Å². The minimum Gasteiger partial charge on any atom is -0.496 e. The van der Waals surface area contributed by atoms with E-state index in [-0.39, 0.29) is 6.61 Å². The van der Waals surface area contributed by atoms with Crippen molar-refractivity contribution >= 4 is 35.7 Å². The van der Waals surface area contributed by atoms with Gasteiger partial charge < -0.3 is 24.4 Å². The molecule has 0 amide bonds. The summed E-state index contributed by atoms with van der Waals surface area (Å²) in [5, 5.41) is 8.95. The molecule has 0 atom stereocenters. The lowest BCUT2D eigenvalue weighted by molar-refractivity contribution is 0.282. The van der Waals surface area contributed by atoms with Crippen LogP contribution in [0.2, 0.25) is 0 Å². The monoisotopic (exact) mass is 598 g/mol. The molecule has 0 heterocycles. The molecule has 0 fully saturated rings. The van der Waals surface area contributed by atoms with Crippen molar-refractivity contribution in [3.8, 4) is 11.5 Å². The molecular formula is C39H54N2O3. The van der Waals surface area contributed by atoms with E-state index < -0.39 is 0 Å². The first-order valence-corrected chi connectivity index (χ1v) is 16.4. The van der Waals surface area contributed by atoms with Crippen LogP contribution >= 0.6 is 0 Å². The van der Waals surface area contributed by atoms with Crippen LogP contribution in [-0.2, 0) is 0 Å². The van der Waals surface area contributed by atoms with Crippen molar-refractivity contribution in [2.24, 2.45) is 0 Å². The summed E-state index contributed by atoms with van der Waals surface area (Å²) in [5.41, 5.74) is 6.73. The van der Waals surface area contributed by atoms with Crippen LogP contribution in [0.3, 0.4) is 0 Å². The molecule has 0 aliphatic rings. The highest BCUT2D eigenvalue weighted by atomic mass is 16.5. The average molecular weight is 599 g/mol. The van der Waals surface area contributed by atoms with E-state index in [1.165, 1.54) is 37.1 Å². The third-order valence-electron chi connectivity index (χ3n) is 8.05. The number of benzene rings is 3. The molecule has 0 saturated carbocycles. The molecule has 3 aromatic carbocycles. The highest BCUT2D eigenvalue weighted by molar-refractivity contribution is 5.79. The zero-order valence-corrected chi connectivity index (χ0v) is 27.7. The molecule has 0 radical (unpaired) electrons. The molecule has 0 saturated heterocycles. The van der Waals surface area contributed by atoms with E-state index in [4.69, 9.17) is 14.6 Å². The fourth-order valence-electron chi connectivity index (χ4n) is 5.22. The molecule has 0 spiro atoms. The molecule has 238 valence electrons. The predicted octanol–water partition coefficient (Wildman–Crippen LogP) is 9.44. The van der Waals surface area contributed by atoms with Gasteiger partial charge in [0, 0.05) is 55.8 Å². The van der Waals surface area contributed by atoms with Gasteiger partial charge in [0.15, 0.2) is 0 Å². The number of ether oxygens (including phenoxy) is 2. The highest BCUT2D eigenvalue weighted by Gasteiger charge is 2.09. The Hall–Kier alpha value is -3.70. The number of anilines is 2. The van der Waals surface area contributed by atoms with Crippen molar-refractivity contribution in [2.45, 2.75) is 65.2 Å². The van der Waals surface area contributed by atoms with Crippen LogP contribution in [0, 0.1) is 0 Å². The topological polar surface area (TPSA) is 45.2 Å². The summed E-state index contributed by atoms with van der Waals surface area (Å²) in [7, 11) is 5.56. The third-order valence-corrected chi connectivity index (χ3v) is 8.05. The van der Waals surface area contributed by atoms with Crippen molar-refractivity contribution in [2.75, 3.05) is 57.3 Å². The van der Waals surface area contributed by atoms with Gasteiger partial charge in [0.25, 0.3) is 0 Å². The fourth-order valence-corrected chi connectivity index (χ4v) is 5.22. The largest absolute Gasteiger partial charge is 0.496 e. The van der Waals surface area contributed by atoms with Gasteiger partial charge in [0.2, 0.25) is 0 Å². The lowest BCUT2D eigenvalue weighted by Crippen LogP contribution is -2.25. The number of unbranched alkanes of at least 4 members (excludes halogenated alkanes) is 5. The van der Waals surface area contributed by atoms with E-state index in [2.05, 4.69) is 104 Å². The van der Waals surface area contributed by atoms with Gasteiger partial charge in [-0.2, -0.15) is 0 Å². The number of rotatable bonds is 20. The number of hydrogen-bond donors (Lipinski definition) is 1. The molecule has 1 N–H and O–H groups in total. The molecule has 3 aromatic rings. The number of aliphatic hydroxyl groups is 1. The Labute approximate surface area is 266 Å². The minimum atomic E-state index is 0.289. The van der Waals surface area contributed by atoms with E-state index in [1.54, 1.807) is 14.2 Å². The maximum absolute atomic E-state index is 8.95. The summed E-state index contributed by atoms with van der Waals surface area (Å²) in [4.78, 5) is 4.80. The summed E-state index contributed by atoms with van der Waals surface area (Å²) >= 11 is 0. The van der Waals surface area contributed by atoms with Crippen molar-refractivity contribution in [3.05, 3.63) is 82.9 Å². The first-order chi connectivity index (χ1) is 21.5. The van der Waals surface area contributed by atoms with Crippen LogP contribution in [0.15, 0.2) is 60.7 Å². The maximum atomic E-state index is 8.95. The first-order valence-electron chi connectivity index (χ1n) is 16.4. The average Bonchev–Trinajstić information content (AvgIpc) is 3.06. The van der Waals surface area contributed by atoms with E-state index >= 15 is 0 Å². The van der Waals surface area contributed by atoms with Crippen LogP contribution in [0.25, 0.3) is 24.3 Å². The summed E-state index contributed by atoms with van der Waals surface area (Å²) in [6, 6.07) is 21.6. The van der Waals surface area contributed by atoms with Crippen LogP contribution in [0.4, 0.5) is 11.4 Å². The second kappa shape index (κ2) is 19.6. The molecule has 0 bridgehead atoms. The highest BCUT2D eigenvalue weighted by Crippen LogP contribution is 2.32. The van der Waals surface area contributed by atoms with Gasteiger partial charge >= 0.3 is 0 Å². The molecule has 0 aliphatic carbocycles. The zero-order valence-electron chi connectivity index (χ0n) is 27.7. The van der Waals surface area contributed by atoms with E-state index in [1.807, 2.05) is 12.1 Å². The SMILES string of the molecule is CCCCN(CCCC)c1ccc(C=Cc2cc(OC)c(C=Cc3ccc(N(C)CCCCCCO)cc3)cc2OC)cc1. The minimum absolute atomic E-state index is 0.289. The van der Waals surface area contributed by atoms with Crippen LogP contribution < -0.4 is 19.3 Å². The number of nitrogens with zero attached hydrogens (tertiary/aromatic N) is 2. The number of methoxy groups -OCH3 is 2. The molecule has 0 aliphatic heterocycles. The Balaban J connectivity index is 1.69. The normalized spacial score (nSPS) is 11.4. The molecule has 5 heteroatoms. The van der Waals surface area contributed by atoms with Gasteiger partial charge in [-0.15, -0.1) is 0 Å². The zero-order chi connectivity index (χ0) is 31.6. The summed E-state index contributed by atoms with van der Waals surface area (Å²) in [6.07, 6.45) is 17.5. The Morgan fingerprint density at radius 2 is 1.07 bits per heavy atom. The summed E-state index contributed by atoms with van der Waals surface area (Å²) in [5.74, 6) is 1.61. The van der Waals surface area contributed by atoms with E-state index in [0.717, 1.165) is 79.1 Å². The van der Waals surface area contributed by atoms with Gasteiger partial charge in [0.05, 0.1) is 14.2 Å². The van der Waals surface area contributed by atoms with E-state index in [9.17, 15) is 0 Å². The molecule has 5 nitrogen and oxygen atoms in total. The van der Waals surface area contributed by atoms with Gasteiger partial charge in [-0.25, -0.2) is 0 Å². The number of hydrogen-bond acceptors (Lipinski definition) is 5. The summed E-state index contributed by atoms with van der Waals surface area (Å²) < 4.78 is 11.6. The molecule has 0 aromatic heterocycles. The lowest BCUT2D eigenvalue weighted by Gasteiger charge is -2.24. The van der Waals surface area contributed by atoms with Crippen molar-refractivity contribution in [3.63, 3.8) is 0 Å². The molecular weight excluding hydrogens is 544 g/mol. The van der Waals surface area contributed by atoms with E-state index in [0.29, 0.717) is 0 Å². The van der Waals surface area contributed by atoms with Crippen LogP contribution in [0.1, 0.15) is 87.5 Å². The van der Waals surface area contributed by atoms with Crippen molar-refractivity contribution < 1.29 is 14.6 Å². The molecule has 0 unspecified atom stereocenters. The standard InChI is InChI=1S/C39H54N2O3/c1-6-8-27-41(28-9-7-2)37-24-18-33(19-25-37)15-21-35-31-38(43-4)34(30-39(35)44-5)20-14-32-16-22-36(23-17-32)40(3)26-12-10-11-13-29-42/h14-25,30-31,42H,6-13,26-29H2,1-5H3. The molecule has 44 heavy (non-hydrogen) atoms. The molecule has 3 rings (SSSR count). The Morgan fingerprint density at radius 3 is 1.52 bits per heavy atom.